The van der Waals surface area contributed by atoms with Crippen molar-refractivity contribution in [2.45, 2.75) is 63.5 Å². The van der Waals surface area contributed by atoms with Crippen LogP contribution in [0.4, 0.5) is 4.79 Å². The third-order valence-corrected chi connectivity index (χ3v) is 8.74. The molecule has 5 aliphatic rings. The summed E-state index contributed by atoms with van der Waals surface area (Å²) >= 11 is 0. The molecule has 7 nitrogen and oxygen atoms in total. The van der Waals surface area contributed by atoms with Gasteiger partial charge in [-0.3, -0.25) is 9.69 Å². The van der Waals surface area contributed by atoms with Crippen molar-refractivity contribution in [1.29, 1.82) is 0 Å². The van der Waals surface area contributed by atoms with E-state index in [1.165, 1.54) is 24.8 Å². The minimum absolute atomic E-state index is 0.0211. The second-order valence-corrected chi connectivity index (χ2v) is 11.6. The second-order valence-electron chi connectivity index (χ2n) is 11.6. The molecule has 0 atom stereocenters. The van der Waals surface area contributed by atoms with Gasteiger partial charge in [0.25, 0.3) is 0 Å². The number of carbonyl (C=O) groups excluding carboxylic acids is 2. The Balaban J connectivity index is 0.897. The van der Waals surface area contributed by atoms with E-state index in [2.05, 4.69) is 56.1 Å². The Hall–Kier alpha value is -2.12. The van der Waals surface area contributed by atoms with Gasteiger partial charge in [0.15, 0.2) is 0 Å². The fourth-order valence-corrected chi connectivity index (χ4v) is 7.47. The summed E-state index contributed by atoms with van der Waals surface area (Å²) in [6.45, 7) is 7.50. The van der Waals surface area contributed by atoms with Gasteiger partial charge in [0, 0.05) is 57.8 Å². The van der Waals surface area contributed by atoms with E-state index in [1.54, 1.807) is 0 Å². The summed E-state index contributed by atoms with van der Waals surface area (Å²) in [7, 11) is 0. The first-order chi connectivity index (χ1) is 17.1. The van der Waals surface area contributed by atoms with Gasteiger partial charge in [-0.2, -0.15) is 0 Å². The number of nitrogens with zero attached hydrogens (tertiary/aromatic N) is 2. The molecule has 1 heterocycles. The Kier molecular flexibility index (Phi) is 7.93. The van der Waals surface area contributed by atoms with Crippen molar-refractivity contribution in [3.8, 4) is 0 Å². The number of urea groups is 1. The number of hydrogen-bond acceptors (Lipinski definition) is 4. The first kappa shape index (κ1) is 24.6. The highest BCUT2D eigenvalue weighted by Gasteiger charge is 2.51. The fraction of sp³-hybridized carbons (Fsp3) is 0.714. The van der Waals surface area contributed by atoms with E-state index in [0.717, 1.165) is 82.7 Å². The first-order valence-electron chi connectivity index (χ1n) is 13.9. The summed E-state index contributed by atoms with van der Waals surface area (Å²) in [5.74, 6) is 2.45. The van der Waals surface area contributed by atoms with Crippen molar-refractivity contribution in [3.63, 3.8) is 0 Å². The lowest BCUT2D eigenvalue weighted by Crippen LogP contribution is -2.61. The van der Waals surface area contributed by atoms with Crippen molar-refractivity contribution < 1.29 is 9.59 Å². The Labute approximate surface area is 210 Å². The number of piperazine rings is 1. The van der Waals surface area contributed by atoms with Gasteiger partial charge in [0.05, 0.1) is 0 Å². The molecule has 6 rings (SSSR count). The van der Waals surface area contributed by atoms with Crippen molar-refractivity contribution in [2.75, 3.05) is 45.8 Å². The summed E-state index contributed by atoms with van der Waals surface area (Å²) in [4.78, 5) is 29.7. The maximum absolute atomic E-state index is 12.5. The molecular weight excluding hydrogens is 438 g/mol. The summed E-state index contributed by atoms with van der Waals surface area (Å²) in [6, 6.07) is 10.6. The molecule has 4 bridgehead atoms. The molecule has 3 N–H and O–H groups in total. The summed E-state index contributed by atoms with van der Waals surface area (Å²) < 4.78 is 0. The molecule has 4 aliphatic carbocycles. The van der Waals surface area contributed by atoms with Crippen LogP contribution in [-0.2, 0) is 11.3 Å². The highest BCUT2D eigenvalue weighted by Crippen LogP contribution is 2.55. The number of carbonyl (C=O) groups is 2. The largest absolute Gasteiger partial charge is 0.356 e. The third kappa shape index (κ3) is 6.76. The molecule has 1 saturated heterocycles. The molecule has 1 aromatic carbocycles. The minimum atomic E-state index is -0.0915. The quantitative estimate of drug-likeness (QED) is 0.449. The topological polar surface area (TPSA) is 76.7 Å². The smallest absolute Gasteiger partial charge is 0.315 e. The van der Waals surface area contributed by atoms with E-state index < -0.39 is 0 Å². The van der Waals surface area contributed by atoms with Crippen LogP contribution in [0, 0.1) is 17.8 Å². The second kappa shape index (κ2) is 11.3. The van der Waals surface area contributed by atoms with Crippen LogP contribution in [0.1, 0.15) is 56.9 Å². The Bertz CT molecular complexity index is 817. The van der Waals surface area contributed by atoms with Crippen LogP contribution in [0.15, 0.2) is 30.3 Å². The van der Waals surface area contributed by atoms with Gasteiger partial charge >= 0.3 is 6.03 Å². The van der Waals surface area contributed by atoms with Gasteiger partial charge in [0.2, 0.25) is 5.91 Å². The van der Waals surface area contributed by atoms with Crippen LogP contribution in [0.3, 0.4) is 0 Å². The van der Waals surface area contributed by atoms with Gasteiger partial charge in [0.1, 0.15) is 0 Å². The monoisotopic (exact) mass is 481 g/mol. The molecule has 5 fully saturated rings. The first-order valence-corrected chi connectivity index (χ1v) is 13.9. The van der Waals surface area contributed by atoms with Gasteiger partial charge in [-0.1, -0.05) is 30.3 Å². The normalized spacial score (nSPS) is 30.2. The van der Waals surface area contributed by atoms with Crippen LogP contribution in [-0.4, -0.2) is 73.1 Å². The van der Waals surface area contributed by atoms with E-state index in [1.807, 2.05) is 0 Å². The standard InChI is InChI=1S/C28H43N5O2/c34-26(7-9-30-27(35)31-28-18-23-15-24(19-28)17-25(16-23)20-28)29-8-4-10-32-11-13-33(14-12-32)21-22-5-2-1-3-6-22/h1-3,5-6,23-25H,4,7-21H2,(H,29,34)(H2,30,31,35). The van der Waals surface area contributed by atoms with Crippen LogP contribution >= 0.6 is 0 Å². The molecule has 1 aromatic rings. The molecule has 192 valence electrons. The zero-order valence-electron chi connectivity index (χ0n) is 21.1. The van der Waals surface area contributed by atoms with E-state index in [4.69, 9.17) is 0 Å². The van der Waals surface area contributed by atoms with Gasteiger partial charge in [-0.25, -0.2) is 4.79 Å². The van der Waals surface area contributed by atoms with Gasteiger partial charge in [-0.05, 0) is 74.8 Å². The molecule has 0 unspecified atom stereocenters. The molecule has 4 saturated carbocycles. The number of nitrogens with one attached hydrogen (secondary N) is 3. The molecule has 7 heteroatoms. The predicted molar refractivity (Wildman–Crippen MR) is 138 cm³/mol. The number of rotatable bonds is 10. The van der Waals surface area contributed by atoms with Crippen LogP contribution in [0.25, 0.3) is 0 Å². The maximum atomic E-state index is 12.5. The lowest BCUT2D eigenvalue weighted by molar-refractivity contribution is -0.120. The average molecular weight is 482 g/mol. The lowest BCUT2D eigenvalue weighted by Gasteiger charge is -2.56. The number of benzene rings is 1. The van der Waals surface area contributed by atoms with E-state index in [0.29, 0.717) is 19.5 Å². The third-order valence-electron chi connectivity index (χ3n) is 8.74. The van der Waals surface area contributed by atoms with Crippen molar-refractivity contribution >= 4 is 11.9 Å². The summed E-state index contributed by atoms with van der Waals surface area (Å²) in [5.41, 5.74) is 1.40. The highest BCUT2D eigenvalue weighted by molar-refractivity contribution is 5.78. The maximum Gasteiger partial charge on any atom is 0.315 e. The molecule has 3 amide bonds. The Morgan fingerprint density at radius 1 is 0.829 bits per heavy atom. The summed E-state index contributed by atoms with van der Waals surface area (Å²) in [6.07, 6.45) is 8.85. The van der Waals surface area contributed by atoms with Crippen molar-refractivity contribution in [1.82, 2.24) is 25.8 Å². The van der Waals surface area contributed by atoms with E-state index >= 15 is 0 Å². The van der Waals surface area contributed by atoms with Crippen LogP contribution in [0.2, 0.25) is 0 Å². The highest BCUT2D eigenvalue weighted by atomic mass is 16.2. The average Bonchev–Trinajstić information content (AvgIpc) is 2.82. The lowest BCUT2D eigenvalue weighted by atomic mass is 9.53. The zero-order valence-corrected chi connectivity index (χ0v) is 21.1. The van der Waals surface area contributed by atoms with Crippen LogP contribution in [0.5, 0.6) is 0 Å². The number of amides is 3. The van der Waals surface area contributed by atoms with Crippen LogP contribution < -0.4 is 16.0 Å². The Morgan fingerprint density at radius 3 is 2.11 bits per heavy atom. The molecular formula is C28H43N5O2. The Morgan fingerprint density at radius 2 is 1.46 bits per heavy atom. The fourth-order valence-electron chi connectivity index (χ4n) is 7.47. The van der Waals surface area contributed by atoms with E-state index in [9.17, 15) is 9.59 Å². The molecule has 1 aliphatic heterocycles. The molecule has 0 aromatic heterocycles. The predicted octanol–water partition coefficient (Wildman–Crippen LogP) is 2.97. The minimum Gasteiger partial charge on any atom is -0.356 e. The van der Waals surface area contributed by atoms with E-state index in [-0.39, 0.29) is 17.5 Å². The molecule has 35 heavy (non-hydrogen) atoms. The van der Waals surface area contributed by atoms with Gasteiger partial charge < -0.3 is 20.9 Å². The molecule has 0 spiro atoms. The summed E-state index contributed by atoms with van der Waals surface area (Å²) in [5, 5.41) is 9.26. The SMILES string of the molecule is O=C(CCNC(=O)NC12CC3CC(CC(C3)C1)C2)NCCCN1CCN(Cc2ccccc2)CC1. The van der Waals surface area contributed by atoms with Crippen molar-refractivity contribution in [3.05, 3.63) is 35.9 Å². The molecule has 0 radical (unpaired) electrons. The zero-order chi connectivity index (χ0) is 24.1. The van der Waals surface area contributed by atoms with Gasteiger partial charge in [-0.15, -0.1) is 0 Å². The van der Waals surface area contributed by atoms with Crippen molar-refractivity contribution in [2.24, 2.45) is 17.8 Å². The number of hydrogen-bond donors (Lipinski definition) is 3.